The molecule has 0 aromatic heterocycles. The number of ether oxygens (including phenoxy) is 1. The van der Waals surface area contributed by atoms with Gasteiger partial charge in [-0.1, -0.05) is 61.7 Å². The Morgan fingerprint density at radius 1 is 1.00 bits per heavy atom. The van der Waals surface area contributed by atoms with Crippen LogP contribution in [0, 0.1) is 0 Å². The highest BCUT2D eigenvalue weighted by atomic mass is 32.2. The molecule has 32 heavy (non-hydrogen) atoms. The molecule has 0 heterocycles. The molecule has 6 nitrogen and oxygen atoms in total. The molecule has 0 radical (unpaired) electrons. The molecular formula is C25H30N2O4S. The smallest absolute Gasteiger partial charge is 0.339 e. The van der Waals surface area contributed by atoms with Crippen molar-refractivity contribution in [3.05, 3.63) is 65.7 Å². The van der Waals surface area contributed by atoms with E-state index in [1.165, 1.54) is 31.0 Å². The Hall–Kier alpha value is -2.80. The molecule has 0 unspecified atom stereocenters. The van der Waals surface area contributed by atoms with Crippen LogP contribution < -0.4 is 5.32 Å². The maximum Gasteiger partial charge on any atom is 0.339 e. The van der Waals surface area contributed by atoms with Gasteiger partial charge in [0.05, 0.1) is 11.3 Å². The molecular weight excluding hydrogens is 424 g/mol. The number of hydrogen-bond acceptors (Lipinski definition) is 5. The minimum Gasteiger partial charge on any atom is -0.452 e. The van der Waals surface area contributed by atoms with E-state index in [1.807, 2.05) is 48.3 Å². The fourth-order valence-corrected chi connectivity index (χ4v) is 4.70. The Bertz CT molecular complexity index is 913. The Kier molecular flexibility index (Phi) is 9.16. The molecule has 1 aliphatic rings. The number of nitrogens with zero attached hydrogens (tertiary/aromatic N) is 1. The van der Waals surface area contributed by atoms with Crippen LogP contribution in [-0.4, -0.2) is 48.1 Å². The summed E-state index contributed by atoms with van der Waals surface area (Å²) in [5.41, 5.74) is 1.33. The van der Waals surface area contributed by atoms with E-state index in [1.54, 1.807) is 18.2 Å². The number of esters is 1. The Morgan fingerprint density at radius 3 is 2.44 bits per heavy atom. The van der Waals surface area contributed by atoms with Crippen molar-refractivity contribution < 1.29 is 19.1 Å². The summed E-state index contributed by atoms with van der Waals surface area (Å²) in [4.78, 5) is 39.8. The summed E-state index contributed by atoms with van der Waals surface area (Å²) in [6.07, 6.45) is 5.70. The summed E-state index contributed by atoms with van der Waals surface area (Å²) in [5, 5.41) is 2.73. The van der Waals surface area contributed by atoms with Gasteiger partial charge in [0.1, 0.15) is 0 Å². The lowest BCUT2D eigenvalue weighted by molar-refractivity contribution is -0.129. The third kappa shape index (κ3) is 7.12. The molecule has 170 valence electrons. The van der Waals surface area contributed by atoms with Crippen LogP contribution >= 0.6 is 11.8 Å². The highest BCUT2D eigenvalue weighted by Crippen LogP contribution is 2.26. The number of hydrogen-bond donors (Lipinski definition) is 1. The molecule has 0 bridgehead atoms. The second-order valence-corrected chi connectivity index (χ2v) is 8.94. The van der Waals surface area contributed by atoms with E-state index >= 15 is 0 Å². The lowest BCUT2D eigenvalue weighted by Crippen LogP contribution is -2.39. The van der Waals surface area contributed by atoms with Gasteiger partial charge in [-0.05, 0) is 30.5 Å². The molecule has 2 aromatic carbocycles. The van der Waals surface area contributed by atoms with Gasteiger partial charge in [0.15, 0.2) is 6.61 Å². The first kappa shape index (κ1) is 23.9. The highest BCUT2D eigenvalue weighted by molar-refractivity contribution is 8.00. The monoisotopic (exact) mass is 454 g/mol. The number of benzene rings is 2. The Balaban J connectivity index is 1.48. The topological polar surface area (TPSA) is 75.7 Å². The molecule has 1 saturated carbocycles. The standard InChI is InChI=1S/C25H30N2O4S/c1-27(20-12-6-3-7-13-20)24(29)18-32-22-15-9-8-14-21(22)25(30)31-17-23(28)26-16-19-10-4-2-5-11-19/h2,4-5,8-11,14-15,20H,3,6-7,12-13,16-18H2,1H3,(H,26,28). The predicted octanol–water partition coefficient (Wildman–Crippen LogP) is 4.04. The minimum absolute atomic E-state index is 0.0605. The van der Waals surface area contributed by atoms with Crippen LogP contribution in [-0.2, 0) is 20.9 Å². The van der Waals surface area contributed by atoms with E-state index in [4.69, 9.17) is 4.74 Å². The molecule has 1 fully saturated rings. The van der Waals surface area contributed by atoms with Crippen LogP contribution in [0.15, 0.2) is 59.5 Å². The lowest BCUT2D eigenvalue weighted by Gasteiger charge is -2.31. The maximum absolute atomic E-state index is 12.6. The Labute approximate surface area is 193 Å². The average molecular weight is 455 g/mol. The van der Waals surface area contributed by atoms with Crippen LogP contribution in [0.4, 0.5) is 0 Å². The van der Waals surface area contributed by atoms with Gasteiger partial charge in [0.2, 0.25) is 5.91 Å². The van der Waals surface area contributed by atoms with Crippen molar-refractivity contribution in [1.82, 2.24) is 10.2 Å². The van der Waals surface area contributed by atoms with Gasteiger partial charge in [0.25, 0.3) is 5.91 Å². The number of rotatable bonds is 9. The molecule has 2 amide bonds. The number of nitrogens with one attached hydrogen (secondary N) is 1. The fraction of sp³-hybridized carbons (Fsp3) is 0.400. The fourth-order valence-electron chi connectivity index (χ4n) is 3.73. The summed E-state index contributed by atoms with van der Waals surface area (Å²) >= 11 is 1.33. The van der Waals surface area contributed by atoms with Gasteiger partial charge in [-0.15, -0.1) is 11.8 Å². The van der Waals surface area contributed by atoms with Crippen molar-refractivity contribution in [3.8, 4) is 0 Å². The zero-order chi connectivity index (χ0) is 22.8. The van der Waals surface area contributed by atoms with Gasteiger partial charge in [0, 0.05) is 24.5 Å². The molecule has 7 heteroatoms. The van der Waals surface area contributed by atoms with Crippen LogP contribution in [0.1, 0.15) is 48.0 Å². The first-order valence-corrected chi connectivity index (χ1v) is 12.0. The minimum atomic E-state index is -0.573. The van der Waals surface area contributed by atoms with Crippen molar-refractivity contribution in [1.29, 1.82) is 0 Å². The van der Waals surface area contributed by atoms with Crippen molar-refractivity contribution in [2.45, 2.75) is 49.6 Å². The second kappa shape index (κ2) is 12.3. The molecule has 1 N–H and O–H groups in total. The number of amides is 2. The second-order valence-electron chi connectivity index (χ2n) is 7.92. The summed E-state index contributed by atoms with van der Waals surface area (Å²) < 4.78 is 5.21. The Morgan fingerprint density at radius 2 is 1.69 bits per heavy atom. The molecule has 0 saturated heterocycles. The van der Waals surface area contributed by atoms with Crippen molar-refractivity contribution in [3.63, 3.8) is 0 Å². The van der Waals surface area contributed by atoms with Gasteiger partial charge in [-0.3, -0.25) is 9.59 Å². The summed E-state index contributed by atoms with van der Waals surface area (Å²) in [6.45, 7) is 0.0221. The summed E-state index contributed by atoms with van der Waals surface area (Å²) in [5.74, 6) is -0.618. The third-order valence-electron chi connectivity index (χ3n) is 5.64. The molecule has 2 aromatic rings. The lowest BCUT2D eigenvalue weighted by atomic mass is 9.94. The first-order chi connectivity index (χ1) is 15.5. The average Bonchev–Trinajstić information content (AvgIpc) is 2.85. The van der Waals surface area contributed by atoms with Gasteiger partial charge in [-0.2, -0.15) is 0 Å². The van der Waals surface area contributed by atoms with Crippen LogP contribution in [0.2, 0.25) is 0 Å². The van der Waals surface area contributed by atoms with Crippen molar-refractivity contribution in [2.24, 2.45) is 0 Å². The predicted molar refractivity (Wildman–Crippen MR) is 125 cm³/mol. The number of thioether (sulfide) groups is 1. The molecule has 1 aliphatic carbocycles. The van der Waals surface area contributed by atoms with E-state index in [2.05, 4.69) is 5.32 Å². The zero-order valence-electron chi connectivity index (χ0n) is 18.4. The molecule has 0 aliphatic heterocycles. The van der Waals surface area contributed by atoms with Crippen LogP contribution in [0.5, 0.6) is 0 Å². The summed E-state index contributed by atoms with van der Waals surface area (Å²) in [6, 6.07) is 16.8. The van der Waals surface area contributed by atoms with E-state index in [0.29, 0.717) is 23.0 Å². The van der Waals surface area contributed by atoms with Gasteiger partial charge in [-0.25, -0.2) is 4.79 Å². The van der Waals surface area contributed by atoms with E-state index in [0.717, 1.165) is 18.4 Å². The molecule has 0 spiro atoms. The molecule has 3 rings (SSSR count). The number of carbonyl (C=O) groups excluding carboxylic acids is 3. The van der Waals surface area contributed by atoms with E-state index in [9.17, 15) is 14.4 Å². The first-order valence-electron chi connectivity index (χ1n) is 11.0. The normalized spacial score (nSPS) is 13.9. The maximum atomic E-state index is 12.6. The van der Waals surface area contributed by atoms with E-state index in [-0.39, 0.29) is 24.2 Å². The van der Waals surface area contributed by atoms with Crippen molar-refractivity contribution in [2.75, 3.05) is 19.4 Å². The zero-order valence-corrected chi connectivity index (χ0v) is 19.2. The summed E-state index contributed by atoms with van der Waals surface area (Å²) in [7, 11) is 1.87. The quantitative estimate of drug-likeness (QED) is 0.457. The number of carbonyl (C=O) groups is 3. The third-order valence-corrected chi connectivity index (χ3v) is 6.70. The largest absolute Gasteiger partial charge is 0.452 e. The van der Waals surface area contributed by atoms with Crippen molar-refractivity contribution >= 4 is 29.5 Å². The van der Waals surface area contributed by atoms with Gasteiger partial charge < -0.3 is 15.0 Å². The van der Waals surface area contributed by atoms with Crippen LogP contribution in [0.3, 0.4) is 0 Å². The van der Waals surface area contributed by atoms with E-state index < -0.39 is 5.97 Å². The highest BCUT2D eigenvalue weighted by Gasteiger charge is 2.23. The SMILES string of the molecule is CN(C(=O)CSc1ccccc1C(=O)OCC(=O)NCc1ccccc1)C1CCCCC1. The molecule has 0 atom stereocenters. The van der Waals surface area contributed by atoms with Crippen LogP contribution in [0.25, 0.3) is 0 Å². The van der Waals surface area contributed by atoms with Gasteiger partial charge >= 0.3 is 5.97 Å².